The fourth-order valence-corrected chi connectivity index (χ4v) is 1.94. The van der Waals surface area contributed by atoms with Crippen LogP contribution in [0.5, 0.6) is 0 Å². The second-order valence-electron chi connectivity index (χ2n) is 4.05. The number of alkyl halides is 2. The number of hydrogen-bond donors (Lipinski definition) is 1. The standard InChI is InChI=1S/C10H16F2N4/c1-8-6-13-2-4-15(8)7-9-14-3-5-16(9)10(11)12/h3,5,8,10,13H,2,4,6-7H2,1H3/t8-/m0/s1. The van der Waals surface area contributed by atoms with Gasteiger partial charge in [0, 0.05) is 38.1 Å². The van der Waals surface area contributed by atoms with Crippen molar-refractivity contribution in [3.8, 4) is 0 Å². The molecule has 1 aliphatic heterocycles. The summed E-state index contributed by atoms with van der Waals surface area (Å²) in [6.07, 6.45) is 2.75. The first-order valence-electron chi connectivity index (χ1n) is 5.43. The predicted molar refractivity (Wildman–Crippen MR) is 56.2 cm³/mol. The highest BCUT2D eigenvalue weighted by molar-refractivity contribution is 4.94. The molecule has 0 unspecified atom stereocenters. The second-order valence-corrected chi connectivity index (χ2v) is 4.05. The third-order valence-electron chi connectivity index (χ3n) is 2.94. The highest BCUT2D eigenvalue weighted by atomic mass is 19.3. The summed E-state index contributed by atoms with van der Waals surface area (Å²) in [5.41, 5.74) is 0. The minimum absolute atomic E-state index is 0.358. The second kappa shape index (κ2) is 4.88. The van der Waals surface area contributed by atoms with Crippen LogP contribution in [0, 0.1) is 0 Å². The molecule has 0 spiro atoms. The maximum absolute atomic E-state index is 12.6. The lowest BCUT2D eigenvalue weighted by Gasteiger charge is -2.33. The Morgan fingerprint density at radius 1 is 1.62 bits per heavy atom. The van der Waals surface area contributed by atoms with Gasteiger partial charge < -0.3 is 5.32 Å². The van der Waals surface area contributed by atoms with Crippen molar-refractivity contribution >= 4 is 0 Å². The van der Waals surface area contributed by atoms with Crippen LogP contribution >= 0.6 is 0 Å². The Hall–Kier alpha value is -1.01. The van der Waals surface area contributed by atoms with Gasteiger partial charge in [-0.15, -0.1) is 0 Å². The van der Waals surface area contributed by atoms with E-state index in [0.29, 0.717) is 18.4 Å². The molecule has 0 saturated carbocycles. The van der Waals surface area contributed by atoms with Gasteiger partial charge in [0.1, 0.15) is 5.82 Å². The van der Waals surface area contributed by atoms with Gasteiger partial charge in [-0.3, -0.25) is 9.47 Å². The SMILES string of the molecule is C[C@H]1CNCCN1Cc1nccn1C(F)F. The molecule has 1 aromatic heterocycles. The molecule has 1 N–H and O–H groups in total. The number of piperazine rings is 1. The van der Waals surface area contributed by atoms with Crippen molar-refractivity contribution in [3.63, 3.8) is 0 Å². The first kappa shape index (κ1) is 11.5. The molecule has 1 saturated heterocycles. The maximum Gasteiger partial charge on any atom is 0.319 e. The largest absolute Gasteiger partial charge is 0.319 e. The van der Waals surface area contributed by atoms with Crippen molar-refractivity contribution in [2.45, 2.75) is 26.1 Å². The molecule has 2 heterocycles. The number of imidazole rings is 1. The Morgan fingerprint density at radius 3 is 3.12 bits per heavy atom. The average Bonchev–Trinajstić information content (AvgIpc) is 2.69. The number of rotatable bonds is 3. The molecule has 2 rings (SSSR count). The maximum atomic E-state index is 12.6. The van der Waals surface area contributed by atoms with E-state index >= 15 is 0 Å². The Morgan fingerprint density at radius 2 is 2.44 bits per heavy atom. The van der Waals surface area contributed by atoms with Crippen LogP contribution in [0.1, 0.15) is 19.3 Å². The molecular weight excluding hydrogens is 214 g/mol. The van der Waals surface area contributed by atoms with E-state index in [2.05, 4.69) is 22.1 Å². The summed E-state index contributed by atoms with van der Waals surface area (Å²) >= 11 is 0. The predicted octanol–water partition coefficient (Wildman–Crippen LogP) is 1.07. The van der Waals surface area contributed by atoms with Gasteiger partial charge in [-0.05, 0) is 6.92 Å². The van der Waals surface area contributed by atoms with E-state index in [9.17, 15) is 8.78 Å². The van der Waals surface area contributed by atoms with Crippen LogP contribution < -0.4 is 5.32 Å². The number of nitrogens with one attached hydrogen (secondary N) is 1. The van der Waals surface area contributed by atoms with Gasteiger partial charge in [-0.1, -0.05) is 0 Å². The lowest BCUT2D eigenvalue weighted by molar-refractivity contribution is 0.0612. The van der Waals surface area contributed by atoms with Gasteiger partial charge in [0.25, 0.3) is 0 Å². The van der Waals surface area contributed by atoms with Crippen molar-refractivity contribution in [1.29, 1.82) is 0 Å². The summed E-state index contributed by atoms with van der Waals surface area (Å²) in [5.74, 6) is 0.434. The third-order valence-corrected chi connectivity index (χ3v) is 2.94. The number of hydrogen-bond acceptors (Lipinski definition) is 3. The smallest absolute Gasteiger partial charge is 0.314 e. The molecule has 0 aliphatic carbocycles. The number of aromatic nitrogens is 2. The summed E-state index contributed by atoms with van der Waals surface area (Å²) in [6, 6.07) is 0.358. The van der Waals surface area contributed by atoms with Crippen LogP contribution in [0.25, 0.3) is 0 Å². The van der Waals surface area contributed by atoms with Crippen LogP contribution in [0.3, 0.4) is 0 Å². The summed E-state index contributed by atoms with van der Waals surface area (Å²) in [5, 5.41) is 3.26. The lowest BCUT2D eigenvalue weighted by Crippen LogP contribution is -2.49. The van der Waals surface area contributed by atoms with Gasteiger partial charge in [0.15, 0.2) is 0 Å². The molecule has 0 aromatic carbocycles. The normalized spacial score (nSPS) is 22.9. The molecular formula is C10H16F2N4. The first-order chi connectivity index (χ1) is 7.68. The zero-order chi connectivity index (χ0) is 11.5. The van der Waals surface area contributed by atoms with E-state index in [4.69, 9.17) is 0 Å². The monoisotopic (exact) mass is 230 g/mol. The van der Waals surface area contributed by atoms with E-state index in [-0.39, 0.29) is 0 Å². The molecule has 0 radical (unpaired) electrons. The highest BCUT2D eigenvalue weighted by Crippen LogP contribution is 2.15. The van der Waals surface area contributed by atoms with Crippen LogP contribution in [0.15, 0.2) is 12.4 Å². The van der Waals surface area contributed by atoms with Crippen molar-refractivity contribution < 1.29 is 8.78 Å². The quantitative estimate of drug-likeness (QED) is 0.843. The van der Waals surface area contributed by atoms with Crippen LogP contribution in [0.4, 0.5) is 8.78 Å². The fourth-order valence-electron chi connectivity index (χ4n) is 1.94. The number of halogens is 2. The van der Waals surface area contributed by atoms with Gasteiger partial charge in [-0.2, -0.15) is 8.78 Å². The van der Waals surface area contributed by atoms with Crippen LogP contribution in [-0.2, 0) is 6.54 Å². The number of nitrogens with zero attached hydrogens (tertiary/aromatic N) is 3. The van der Waals surface area contributed by atoms with E-state index in [1.165, 1.54) is 12.4 Å². The lowest BCUT2D eigenvalue weighted by atomic mass is 10.2. The molecule has 0 amide bonds. The molecule has 1 aromatic rings. The molecule has 1 atom stereocenters. The average molecular weight is 230 g/mol. The van der Waals surface area contributed by atoms with Crippen LogP contribution in [0.2, 0.25) is 0 Å². The van der Waals surface area contributed by atoms with E-state index in [1.54, 1.807) is 0 Å². The van der Waals surface area contributed by atoms with E-state index < -0.39 is 6.55 Å². The van der Waals surface area contributed by atoms with Crippen molar-refractivity contribution in [3.05, 3.63) is 18.2 Å². The third kappa shape index (κ3) is 2.38. The van der Waals surface area contributed by atoms with Gasteiger partial charge in [0.05, 0.1) is 6.54 Å². The summed E-state index contributed by atoms with van der Waals surface area (Å²) in [7, 11) is 0. The molecule has 6 heteroatoms. The van der Waals surface area contributed by atoms with Gasteiger partial charge in [0.2, 0.25) is 0 Å². The van der Waals surface area contributed by atoms with E-state index in [1.807, 2.05) is 0 Å². The summed E-state index contributed by atoms with van der Waals surface area (Å²) in [6.45, 7) is 2.74. The zero-order valence-electron chi connectivity index (χ0n) is 9.24. The topological polar surface area (TPSA) is 33.1 Å². The summed E-state index contributed by atoms with van der Waals surface area (Å²) < 4.78 is 26.1. The minimum atomic E-state index is -2.50. The van der Waals surface area contributed by atoms with Crippen molar-refractivity contribution in [2.75, 3.05) is 19.6 Å². The molecule has 1 fully saturated rings. The Kier molecular flexibility index (Phi) is 3.50. The Bertz CT molecular complexity index is 339. The molecule has 16 heavy (non-hydrogen) atoms. The fraction of sp³-hybridized carbons (Fsp3) is 0.700. The first-order valence-corrected chi connectivity index (χ1v) is 5.43. The Balaban J connectivity index is 2.04. The van der Waals surface area contributed by atoms with Crippen molar-refractivity contribution in [2.24, 2.45) is 0 Å². The zero-order valence-corrected chi connectivity index (χ0v) is 9.24. The molecule has 4 nitrogen and oxygen atoms in total. The van der Waals surface area contributed by atoms with Crippen molar-refractivity contribution in [1.82, 2.24) is 19.8 Å². The highest BCUT2D eigenvalue weighted by Gasteiger charge is 2.21. The summed E-state index contributed by atoms with van der Waals surface area (Å²) in [4.78, 5) is 6.15. The van der Waals surface area contributed by atoms with Crippen LogP contribution in [-0.4, -0.2) is 40.1 Å². The molecule has 1 aliphatic rings. The minimum Gasteiger partial charge on any atom is -0.314 e. The van der Waals surface area contributed by atoms with Gasteiger partial charge >= 0.3 is 6.55 Å². The molecule has 0 bridgehead atoms. The van der Waals surface area contributed by atoms with Gasteiger partial charge in [-0.25, -0.2) is 4.98 Å². The molecule has 90 valence electrons. The Labute approximate surface area is 93.3 Å². The van der Waals surface area contributed by atoms with E-state index in [0.717, 1.165) is 24.2 Å².